The predicted molar refractivity (Wildman–Crippen MR) is 64.7 cm³/mol. The van der Waals surface area contributed by atoms with Gasteiger partial charge in [0, 0.05) is 13.1 Å². The van der Waals surface area contributed by atoms with Crippen molar-refractivity contribution in [1.29, 1.82) is 0 Å². The van der Waals surface area contributed by atoms with Gasteiger partial charge in [0.1, 0.15) is 0 Å². The van der Waals surface area contributed by atoms with Crippen LogP contribution in [0.15, 0.2) is 0 Å². The van der Waals surface area contributed by atoms with E-state index < -0.39 is 11.4 Å². The summed E-state index contributed by atoms with van der Waals surface area (Å²) in [6.07, 6.45) is 3.27. The van der Waals surface area contributed by atoms with Crippen LogP contribution < -0.4 is 5.32 Å². The molecule has 1 fully saturated rings. The van der Waals surface area contributed by atoms with Crippen molar-refractivity contribution < 1.29 is 14.7 Å². The molecular formula is C12H22N2O3. The van der Waals surface area contributed by atoms with E-state index in [2.05, 4.69) is 5.32 Å². The third kappa shape index (κ3) is 4.00. The van der Waals surface area contributed by atoms with Crippen LogP contribution in [-0.2, 0) is 9.59 Å². The summed E-state index contributed by atoms with van der Waals surface area (Å²) in [4.78, 5) is 24.9. The van der Waals surface area contributed by atoms with Crippen molar-refractivity contribution in [3.05, 3.63) is 0 Å². The predicted octanol–water partition coefficient (Wildman–Crippen LogP) is 0.699. The molecule has 0 aromatic heterocycles. The molecule has 0 radical (unpaired) electrons. The first kappa shape index (κ1) is 14.0. The fraction of sp³-hybridized carbons (Fsp3) is 0.833. The SMILES string of the molecule is CN(C)CCNC(=O)C1(CC(=O)O)CCCC1. The molecule has 98 valence electrons. The van der Waals surface area contributed by atoms with E-state index in [1.165, 1.54) is 0 Å². The van der Waals surface area contributed by atoms with Gasteiger partial charge in [0.25, 0.3) is 0 Å². The standard InChI is InChI=1S/C12H22N2O3/c1-14(2)8-7-13-11(17)12(9-10(15)16)5-3-4-6-12/h3-9H2,1-2H3,(H,13,17)(H,15,16). The number of carbonyl (C=O) groups is 2. The second-order valence-electron chi connectivity index (χ2n) is 5.12. The van der Waals surface area contributed by atoms with E-state index in [9.17, 15) is 9.59 Å². The Morgan fingerprint density at radius 1 is 1.29 bits per heavy atom. The molecule has 5 nitrogen and oxygen atoms in total. The number of carboxylic acids is 1. The van der Waals surface area contributed by atoms with Gasteiger partial charge >= 0.3 is 5.97 Å². The lowest BCUT2D eigenvalue weighted by atomic mass is 9.81. The van der Waals surface area contributed by atoms with Crippen LogP contribution in [0.1, 0.15) is 32.1 Å². The van der Waals surface area contributed by atoms with Crippen LogP contribution in [0.25, 0.3) is 0 Å². The Bertz CT molecular complexity index is 283. The van der Waals surface area contributed by atoms with E-state index in [1.54, 1.807) is 0 Å². The average Bonchev–Trinajstić information content (AvgIpc) is 2.65. The molecule has 0 aliphatic heterocycles. The molecule has 0 aromatic rings. The molecule has 0 heterocycles. The minimum absolute atomic E-state index is 0.0409. The highest BCUT2D eigenvalue weighted by Crippen LogP contribution is 2.41. The van der Waals surface area contributed by atoms with Crippen LogP contribution in [0.2, 0.25) is 0 Å². The van der Waals surface area contributed by atoms with Crippen LogP contribution in [0.3, 0.4) is 0 Å². The first-order chi connectivity index (χ1) is 7.96. The Kier molecular flexibility index (Phi) is 4.93. The zero-order valence-corrected chi connectivity index (χ0v) is 10.7. The highest BCUT2D eigenvalue weighted by Gasteiger charge is 2.42. The molecule has 0 saturated heterocycles. The van der Waals surface area contributed by atoms with E-state index in [4.69, 9.17) is 5.11 Å². The van der Waals surface area contributed by atoms with Gasteiger partial charge in [-0.1, -0.05) is 12.8 Å². The molecular weight excluding hydrogens is 220 g/mol. The first-order valence-corrected chi connectivity index (χ1v) is 6.11. The van der Waals surface area contributed by atoms with E-state index in [0.29, 0.717) is 19.4 Å². The van der Waals surface area contributed by atoms with Gasteiger partial charge in [-0.05, 0) is 26.9 Å². The summed E-state index contributed by atoms with van der Waals surface area (Å²) in [5.41, 5.74) is -0.655. The Morgan fingerprint density at radius 2 is 1.88 bits per heavy atom. The van der Waals surface area contributed by atoms with Crippen molar-refractivity contribution >= 4 is 11.9 Å². The van der Waals surface area contributed by atoms with Gasteiger partial charge in [-0.25, -0.2) is 0 Å². The Hall–Kier alpha value is -1.10. The summed E-state index contributed by atoms with van der Waals surface area (Å²) in [5, 5.41) is 11.8. The van der Waals surface area contributed by atoms with Gasteiger partial charge in [-0.3, -0.25) is 9.59 Å². The molecule has 0 spiro atoms. The van der Waals surface area contributed by atoms with Crippen molar-refractivity contribution in [3.8, 4) is 0 Å². The van der Waals surface area contributed by atoms with Gasteiger partial charge in [0.2, 0.25) is 5.91 Å². The number of hydrogen-bond acceptors (Lipinski definition) is 3. The fourth-order valence-electron chi connectivity index (χ4n) is 2.41. The van der Waals surface area contributed by atoms with Gasteiger partial charge in [0.15, 0.2) is 0 Å². The van der Waals surface area contributed by atoms with Crippen LogP contribution in [-0.4, -0.2) is 49.1 Å². The lowest BCUT2D eigenvalue weighted by molar-refractivity contribution is -0.145. The maximum atomic E-state index is 12.1. The van der Waals surface area contributed by atoms with Crippen LogP contribution in [0.5, 0.6) is 0 Å². The summed E-state index contributed by atoms with van der Waals surface area (Å²) in [6, 6.07) is 0. The molecule has 17 heavy (non-hydrogen) atoms. The molecule has 0 aromatic carbocycles. The van der Waals surface area contributed by atoms with Gasteiger partial charge in [0.05, 0.1) is 11.8 Å². The molecule has 1 aliphatic rings. The van der Waals surface area contributed by atoms with E-state index >= 15 is 0 Å². The number of aliphatic carboxylic acids is 1. The lowest BCUT2D eigenvalue weighted by Crippen LogP contribution is -2.42. The molecule has 2 N–H and O–H groups in total. The van der Waals surface area contributed by atoms with Crippen molar-refractivity contribution in [3.63, 3.8) is 0 Å². The number of carbonyl (C=O) groups excluding carboxylic acids is 1. The molecule has 0 atom stereocenters. The number of carboxylic acid groups (broad SMARTS) is 1. The topological polar surface area (TPSA) is 69.6 Å². The Labute approximate surface area is 102 Å². The largest absolute Gasteiger partial charge is 0.481 e. The minimum atomic E-state index is -0.880. The summed E-state index contributed by atoms with van der Waals surface area (Å²) in [5.74, 6) is -0.964. The van der Waals surface area contributed by atoms with Crippen LogP contribution in [0, 0.1) is 5.41 Å². The van der Waals surface area contributed by atoms with E-state index in [-0.39, 0.29) is 12.3 Å². The van der Waals surface area contributed by atoms with Gasteiger partial charge < -0.3 is 15.3 Å². The molecule has 1 aliphatic carbocycles. The Morgan fingerprint density at radius 3 is 2.35 bits per heavy atom. The zero-order chi connectivity index (χ0) is 12.9. The monoisotopic (exact) mass is 242 g/mol. The number of likely N-dealkylation sites (N-methyl/N-ethyl adjacent to an activating group) is 1. The molecule has 5 heteroatoms. The third-order valence-electron chi connectivity index (χ3n) is 3.38. The maximum absolute atomic E-state index is 12.1. The first-order valence-electron chi connectivity index (χ1n) is 6.11. The average molecular weight is 242 g/mol. The van der Waals surface area contributed by atoms with Crippen LogP contribution >= 0.6 is 0 Å². The summed E-state index contributed by atoms with van der Waals surface area (Å²) in [6.45, 7) is 1.35. The van der Waals surface area contributed by atoms with E-state index in [1.807, 2.05) is 19.0 Å². The second-order valence-corrected chi connectivity index (χ2v) is 5.12. The molecule has 1 amide bonds. The number of nitrogens with zero attached hydrogens (tertiary/aromatic N) is 1. The highest BCUT2D eigenvalue weighted by atomic mass is 16.4. The van der Waals surface area contributed by atoms with Crippen molar-refractivity contribution in [2.75, 3.05) is 27.2 Å². The van der Waals surface area contributed by atoms with Crippen molar-refractivity contribution in [2.45, 2.75) is 32.1 Å². The zero-order valence-electron chi connectivity index (χ0n) is 10.7. The van der Waals surface area contributed by atoms with Gasteiger partial charge in [-0.15, -0.1) is 0 Å². The van der Waals surface area contributed by atoms with Crippen molar-refractivity contribution in [2.24, 2.45) is 5.41 Å². The number of rotatable bonds is 6. The maximum Gasteiger partial charge on any atom is 0.304 e. The smallest absolute Gasteiger partial charge is 0.304 e. The minimum Gasteiger partial charge on any atom is -0.481 e. The Balaban J connectivity index is 2.52. The molecule has 0 bridgehead atoms. The molecule has 1 rings (SSSR count). The second kappa shape index (κ2) is 6.00. The van der Waals surface area contributed by atoms with Crippen LogP contribution in [0.4, 0.5) is 0 Å². The molecule has 1 saturated carbocycles. The fourth-order valence-corrected chi connectivity index (χ4v) is 2.41. The highest BCUT2D eigenvalue weighted by molar-refractivity contribution is 5.87. The van der Waals surface area contributed by atoms with Gasteiger partial charge in [-0.2, -0.15) is 0 Å². The normalized spacial score (nSPS) is 18.3. The summed E-state index contributed by atoms with van der Waals surface area (Å²) < 4.78 is 0. The summed E-state index contributed by atoms with van der Waals surface area (Å²) >= 11 is 0. The lowest BCUT2D eigenvalue weighted by Gasteiger charge is -2.26. The quantitative estimate of drug-likeness (QED) is 0.719. The summed E-state index contributed by atoms with van der Waals surface area (Å²) in [7, 11) is 3.88. The number of hydrogen-bond donors (Lipinski definition) is 2. The van der Waals surface area contributed by atoms with E-state index in [0.717, 1.165) is 19.4 Å². The third-order valence-corrected chi connectivity index (χ3v) is 3.38. The van der Waals surface area contributed by atoms with Crippen molar-refractivity contribution in [1.82, 2.24) is 10.2 Å². The number of nitrogens with one attached hydrogen (secondary N) is 1. The number of amides is 1. The molecule has 0 unspecified atom stereocenters.